The molecule has 2 heterocycles. The third kappa shape index (κ3) is 4.51. The summed E-state index contributed by atoms with van der Waals surface area (Å²) < 4.78 is 2.52. The second-order valence-electron chi connectivity index (χ2n) is 16.1. The van der Waals surface area contributed by atoms with Crippen LogP contribution >= 0.6 is 0 Å². The third-order valence-corrected chi connectivity index (χ3v) is 11.6. The highest BCUT2D eigenvalue weighted by Gasteiger charge is 2.37. The first-order valence-electron chi connectivity index (χ1n) is 18.4. The predicted octanol–water partition coefficient (Wildman–Crippen LogP) is 11.4. The van der Waals surface area contributed by atoms with Crippen molar-refractivity contribution in [3.05, 3.63) is 162 Å². The lowest BCUT2D eigenvalue weighted by Crippen LogP contribution is -2.37. The molecule has 0 bridgehead atoms. The number of anilines is 2. The molecule has 0 saturated heterocycles. The van der Waals surface area contributed by atoms with Crippen molar-refractivity contribution >= 4 is 51.4 Å². The largest absolute Gasteiger partial charge is 0.355 e. The van der Waals surface area contributed by atoms with Gasteiger partial charge in [0.15, 0.2) is 7.28 Å². The van der Waals surface area contributed by atoms with Crippen LogP contribution in [0.4, 0.5) is 11.4 Å². The van der Waals surface area contributed by atoms with Crippen LogP contribution in [0.15, 0.2) is 146 Å². The fourth-order valence-electron chi connectivity index (χ4n) is 8.91. The normalized spacial score (nSPS) is 13.8. The van der Waals surface area contributed by atoms with Gasteiger partial charge in [0.2, 0.25) is 0 Å². The molecule has 1 N–H and O–H groups in total. The van der Waals surface area contributed by atoms with Gasteiger partial charge in [0.25, 0.3) is 0 Å². The zero-order valence-corrected chi connectivity index (χ0v) is 30.4. The molecular formula is C49H40BN2. The molecule has 52 heavy (non-hydrogen) atoms. The van der Waals surface area contributed by atoms with Crippen LogP contribution in [0.25, 0.3) is 60.9 Å². The van der Waals surface area contributed by atoms with E-state index in [9.17, 15) is 0 Å². The van der Waals surface area contributed by atoms with Crippen LogP contribution in [0.3, 0.4) is 0 Å². The maximum atomic E-state index is 3.90. The molecule has 0 unspecified atom stereocenters. The molecule has 8 aromatic rings. The Morgan fingerprint density at radius 1 is 0.596 bits per heavy atom. The number of nitrogens with zero attached hydrogens (tertiary/aromatic N) is 1. The summed E-state index contributed by atoms with van der Waals surface area (Å²) in [5, 5.41) is 6.48. The highest BCUT2D eigenvalue weighted by atomic mass is 15.0. The SMILES string of the molecule is CC(C)(C)c1ccc(-c2cc(-c3cc4c(cc3Nc3ccccc3)-c3ccccc3C4(C)C)c3c4c2c2ccccc2n4-c2ccccc2[B]3)cc1. The van der Waals surface area contributed by atoms with Crippen LogP contribution in [-0.2, 0) is 10.8 Å². The molecule has 7 aromatic carbocycles. The number of nitrogens with one attached hydrogen (secondary N) is 1. The molecule has 1 aliphatic heterocycles. The summed E-state index contributed by atoms with van der Waals surface area (Å²) in [5.74, 6) is 0. The molecule has 1 aromatic heterocycles. The highest BCUT2D eigenvalue weighted by molar-refractivity contribution is 6.73. The minimum absolute atomic E-state index is 0.0746. The smallest absolute Gasteiger partial charge is 0.197 e. The average Bonchev–Trinajstić information content (AvgIpc) is 3.62. The molecular weight excluding hydrogens is 627 g/mol. The van der Waals surface area contributed by atoms with Gasteiger partial charge in [0.05, 0.1) is 5.52 Å². The van der Waals surface area contributed by atoms with Crippen LogP contribution in [0.2, 0.25) is 0 Å². The van der Waals surface area contributed by atoms with E-state index in [1.807, 2.05) is 0 Å². The van der Waals surface area contributed by atoms with Gasteiger partial charge < -0.3 is 9.88 Å². The lowest BCUT2D eigenvalue weighted by Gasteiger charge is -2.27. The van der Waals surface area contributed by atoms with Crippen LogP contribution in [0.1, 0.15) is 51.3 Å². The maximum Gasteiger partial charge on any atom is 0.197 e. The van der Waals surface area contributed by atoms with Gasteiger partial charge in [-0.05, 0) is 97.8 Å². The van der Waals surface area contributed by atoms with Crippen LogP contribution in [0.5, 0.6) is 0 Å². The number of hydrogen-bond donors (Lipinski definition) is 1. The van der Waals surface area contributed by atoms with Crippen molar-refractivity contribution in [3.8, 4) is 39.1 Å². The van der Waals surface area contributed by atoms with E-state index in [2.05, 4.69) is 197 Å². The first-order chi connectivity index (χ1) is 25.2. The zero-order valence-electron chi connectivity index (χ0n) is 30.4. The van der Waals surface area contributed by atoms with Crippen molar-refractivity contribution in [2.24, 2.45) is 0 Å². The lowest BCUT2D eigenvalue weighted by atomic mass is 9.58. The first-order valence-corrected chi connectivity index (χ1v) is 18.4. The number of para-hydroxylation sites is 3. The van der Waals surface area contributed by atoms with Crippen molar-refractivity contribution in [2.75, 3.05) is 5.32 Å². The quantitative estimate of drug-likeness (QED) is 0.185. The first kappa shape index (κ1) is 31.0. The highest BCUT2D eigenvalue weighted by Crippen LogP contribution is 2.52. The van der Waals surface area contributed by atoms with Crippen molar-refractivity contribution in [1.82, 2.24) is 4.57 Å². The number of aromatic nitrogens is 1. The van der Waals surface area contributed by atoms with Gasteiger partial charge in [0, 0.05) is 44.3 Å². The van der Waals surface area contributed by atoms with E-state index in [0.29, 0.717) is 0 Å². The monoisotopic (exact) mass is 667 g/mol. The minimum atomic E-state index is -0.135. The molecule has 1 radical (unpaired) electrons. The minimum Gasteiger partial charge on any atom is -0.355 e. The molecule has 249 valence electrons. The van der Waals surface area contributed by atoms with Gasteiger partial charge in [-0.25, -0.2) is 0 Å². The Morgan fingerprint density at radius 3 is 2.12 bits per heavy atom. The number of benzene rings is 7. The molecule has 1 aliphatic carbocycles. The summed E-state index contributed by atoms with van der Waals surface area (Å²) in [6.45, 7) is 11.6. The van der Waals surface area contributed by atoms with Crippen LogP contribution in [0, 0.1) is 0 Å². The van der Waals surface area contributed by atoms with Gasteiger partial charge in [-0.1, -0.05) is 143 Å². The Kier molecular flexibility index (Phi) is 6.61. The summed E-state index contributed by atoms with van der Waals surface area (Å²) in [6.07, 6.45) is 0. The van der Waals surface area contributed by atoms with Crippen molar-refractivity contribution in [2.45, 2.75) is 45.4 Å². The third-order valence-electron chi connectivity index (χ3n) is 11.6. The molecule has 0 fully saturated rings. The Balaban J connectivity index is 1.34. The summed E-state index contributed by atoms with van der Waals surface area (Å²) in [7, 11) is 2.43. The van der Waals surface area contributed by atoms with Gasteiger partial charge >= 0.3 is 0 Å². The van der Waals surface area contributed by atoms with E-state index < -0.39 is 0 Å². The molecule has 0 amide bonds. The van der Waals surface area contributed by atoms with E-state index in [4.69, 9.17) is 0 Å². The second kappa shape index (κ2) is 11.1. The Hall–Kier alpha value is -5.80. The molecule has 0 saturated carbocycles. The molecule has 0 spiro atoms. The fourth-order valence-corrected chi connectivity index (χ4v) is 8.91. The maximum absolute atomic E-state index is 3.90. The van der Waals surface area contributed by atoms with Crippen molar-refractivity contribution < 1.29 is 0 Å². The summed E-state index contributed by atoms with van der Waals surface area (Å²) in [4.78, 5) is 0. The predicted molar refractivity (Wildman–Crippen MR) is 223 cm³/mol. The van der Waals surface area contributed by atoms with Gasteiger partial charge in [0.1, 0.15) is 0 Å². The van der Waals surface area contributed by atoms with Gasteiger partial charge in [-0.3, -0.25) is 0 Å². The summed E-state index contributed by atoms with van der Waals surface area (Å²) in [5.41, 5.74) is 20.0. The Labute approximate surface area is 307 Å². The molecule has 10 rings (SSSR count). The molecule has 2 nitrogen and oxygen atoms in total. The van der Waals surface area contributed by atoms with Crippen LogP contribution in [-0.4, -0.2) is 11.8 Å². The van der Waals surface area contributed by atoms with Crippen molar-refractivity contribution in [3.63, 3.8) is 0 Å². The number of rotatable bonds is 4. The van der Waals surface area contributed by atoms with E-state index in [1.165, 1.54) is 88.5 Å². The average molecular weight is 668 g/mol. The number of fused-ring (bicyclic) bond motifs is 8. The summed E-state index contributed by atoms with van der Waals surface area (Å²) >= 11 is 0. The fraction of sp³-hybridized carbons (Fsp3) is 0.143. The van der Waals surface area contributed by atoms with Crippen LogP contribution < -0.4 is 16.2 Å². The van der Waals surface area contributed by atoms with E-state index >= 15 is 0 Å². The number of hydrogen-bond acceptors (Lipinski definition) is 1. The second-order valence-corrected chi connectivity index (χ2v) is 16.1. The zero-order chi connectivity index (χ0) is 35.4. The van der Waals surface area contributed by atoms with E-state index in [1.54, 1.807) is 0 Å². The van der Waals surface area contributed by atoms with Gasteiger partial charge in [-0.15, -0.1) is 0 Å². The Morgan fingerprint density at radius 2 is 1.31 bits per heavy atom. The summed E-state index contributed by atoms with van der Waals surface area (Å²) in [6, 6.07) is 54.0. The van der Waals surface area contributed by atoms with Gasteiger partial charge in [-0.2, -0.15) is 0 Å². The topological polar surface area (TPSA) is 17.0 Å². The molecule has 3 heteroatoms. The van der Waals surface area contributed by atoms with E-state index in [-0.39, 0.29) is 10.8 Å². The Bertz CT molecular complexity index is 2730. The van der Waals surface area contributed by atoms with Crippen molar-refractivity contribution in [1.29, 1.82) is 0 Å². The van der Waals surface area contributed by atoms with E-state index in [0.717, 1.165) is 11.4 Å². The standard InChI is InChI=1S/C49H40BN2/c1-48(2,3)31-25-23-30(24-26-31)35-27-38(46-47-45(35)34-18-10-13-21-43(34)52(47)44-22-14-12-20-41(44)50-46)37-28-40-36(29-42(37)51-32-15-7-6-8-16-32)33-17-9-11-19-39(33)49(40,4)5/h6-29,51H,1-5H3. The lowest BCUT2D eigenvalue weighted by molar-refractivity contribution is 0.590. The molecule has 0 atom stereocenters. The molecule has 2 aliphatic rings.